The van der Waals surface area contributed by atoms with Crippen LogP contribution in [0.1, 0.15) is 69.7 Å². The molecule has 1 unspecified atom stereocenters. The van der Waals surface area contributed by atoms with E-state index in [0.717, 1.165) is 29.4 Å². The van der Waals surface area contributed by atoms with Crippen LogP contribution in [0.5, 0.6) is 0 Å². The number of aliphatic hydroxyl groups excluding tert-OH is 1. The van der Waals surface area contributed by atoms with Crippen molar-refractivity contribution in [2.75, 3.05) is 18.1 Å². The van der Waals surface area contributed by atoms with E-state index in [1.165, 1.54) is 10.3 Å². The summed E-state index contributed by atoms with van der Waals surface area (Å²) in [6, 6.07) is 22.3. The Bertz CT molecular complexity index is 2200. The molecule has 5 aromatic rings. The van der Waals surface area contributed by atoms with Crippen molar-refractivity contribution in [2.24, 2.45) is 5.92 Å². The molecule has 3 aromatic carbocycles. The lowest BCUT2D eigenvalue weighted by atomic mass is 9.82. The van der Waals surface area contributed by atoms with Crippen LogP contribution < -0.4 is 10.5 Å². The number of nitrogens with zero attached hydrogens (tertiary/aromatic N) is 6. The second kappa shape index (κ2) is 15.8. The number of carbonyl (C=O) groups excluding carboxylic acids is 1. The Kier molecular flexibility index (Phi) is 11.1. The number of fused-ring (bicyclic) bond motifs is 2. The molecule has 0 fully saturated rings. The molecule has 10 nitrogen and oxygen atoms in total. The SMILES string of the molecule is CC(C)=CCC/C(C)=C/CN1C(=O)[C@@](O)([C@@H](C)/C=C/CCn2cc(C(CO)c3ccccc3)nn2)c2cc(-n3ncc4ccccc4c3=O)ccc21. The molecule has 0 radical (unpaired) electrons. The van der Waals surface area contributed by atoms with Gasteiger partial charge in [0, 0.05) is 36.2 Å². The molecule has 1 aliphatic heterocycles. The molecular formula is C42H46N6O4. The number of amides is 1. The van der Waals surface area contributed by atoms with Gasteiger partial charge in [0.2, 0.25) is 0 Å². The number of rotatable bonds is 14. The van der Waals surface area contributed by atoms with Crippen LogP contribution in [0.25, 0.3) is 16.5 Å². The zero-order valence-electron chi connectivity index (χ0n) is 30.2. The van der Waals surface area contributed by atoms with Gasteiger partial charge in [0.05, 0.1) is 41.2 Å². The summed E-state index contributed by atoms with van der Waals surface area (Å²) in [5.41, 5.74) is 3.41. The Labute approximate surface area is 304 Å². The largest absolute Gasteiger partial charge is 0.395 e. The van der Waals surface area contributed by atoms with Crippen molar-refractivity contribution in [1.29, 1.82) is 0 Å². The molecule has 6 rings (SSSR count). The lowest BCUT2D eigenvalue weighted by Gasteiger charge is -2.27. The van der Waals surface area contributed by atoms with E-state index in [1.54, 1.807) is 40.0 Å². The number of anilines is 1. The van der Waals surface area contributed by atoms with Gasteiger partial charge in [-0.15, -0.1) is 5.10 Å². The summed E-state index contributed by atoms with van der Waals surface area (Å²) in [6.07, 6.45) is 13.9. The fourth-order valence-electron chi connectivity index (χ4n) is 6.74. The third kappa shape index (κ3) is 7.44. The molecule has 52 heavy (non-hydrogen) atoms. The van der Waals surface area contributed by atoms with Crippen LogP contribution in [0.2, 0.25) is 0 Å². The first-order chi connectivity index (χ1) is 25.1. The smallest absolute Gasteiger partial charge is 0.279 e. The third-order valence-electron chi connectivity index (χ3n) is 9.81. The predicted molar refractivity (Wildman–Crippen MR) is 204 cm³/mol. The van der Waals surface area contributed by atoms with Crippen molar-refractivity contribution in [1.82, 2.24) is 24.8 Å². The number of aromatic nitrogens is 5. The number of benzene rings is 3. The van der Waals surface area contributed by atoms with Crippen LogP contribution in [-0.4, -0.2) is 54.0 Å². The predicted octanol–water partition coefficient (Wildman–Crippen LogP) is 6.61. The Morgan fingerprint density at radius 2 is 1.73 bits per heavy atom. The van der Waals surface area contributed by atoms with Crippen molar-refractivity contribution in [3.63, 3.8) is 0 Å². The lowest BCUT2D eigenvalue weighted by Crippen LogP contribution is -2.44. The summed E-state index contributed by atoms with van der Waals surface area (Å²) >= 11 is 0. The van der Waals surface area contributed by atoms with Gasteiger partial charge in [-0.3, -0.25) is 14.3 Å². The maximum atomic E-state index is 14.3. The molecule has 0 saturated carbocycles. The van der Waals surface area contributed by atoms with Gasteiger partial charge in [-0.25, -0.2) is 0 Å². The first-order valence-corrected chi connectivity index (χ1v) is 17.8. The van der Waals surface area contributed by atoms with Crippen molar-refractivity contribution in [3.8, 4) is 5.69 Å². The van der Waals surface area contributed by atoms with Crippen LogP contribution in [0, 0.1) is 5.92 Å². The van der Waals surface area contributed by atoms with Crippen LogP contribution >= 0.6 is 0 Å². The standard InChI is InChI=1S/C42H46N6O4/c1-29(2)13-12-14-30(3)22-24-47-39-21-20-34(48-40(50)35-19-9-8-18-33(35)26-43-48)25-37(39)42(52,41(47)51)31(4)15-10-11-23-46-27-38(44-45-46)36(28-49)32-16-6-5-7-17-32/h5-10,13,15-22,25-27,31,36,49,52H,11-12,14,23-24,28H2,1-4H3/b15-10+,30-22+/t31-,36?,42+/m0/s1. The van der Waals surface area contributed by atoms with E-state index in [9.17, 15) is 19.8 Å². The molecule has 268 valence electrons. The van der Waals surface area contributed by atoms with E-state index >= 15 is 0 Å². The van der Waals surface area contributed by atoms with E-state index in [2.05, 4.69) is 42.3 Å². The van der Waals surface area contributed by atoms with Gasteiger partial charge < -0.3 is 15.1 Å². The minimum absolute atomic E-state index is 0.0796. The quantitative estimate of drug-likeness (QED) is 0.125. The first-order valence-electron chi connectivity index (χ1n) is 17.8. The van der Waals surface area contributed by atoms with E-state index < -0.39 is 17.4 Å². The number of aryl methyl sites for hydroxylation is 1. The molecule has 3 heterocycles. The second-order valence-electron chi connectivity index (χ2n) is 13.8. The van der Waals surface area contributed by atoms with Gasteiger partial charge in [0.1, 0.15) is 0 Å². The van der Waals surface area contributed by atoms with Crippen molar-refractivity contribution < 1.29 is 15.0 Å². The topological polar surface area (TPSA) is 126 Å². The summed E-state index contributed by atoms with van der Waals surface area (Å²) in [7, 11) is 0. The van der Waals surface area contributed by atoms with E-state index in [1.807, 2.05) is 79.9 Å². The van der Waals surface area contributed by atoms with Gasteiger partial charge in [0.25, 0.3) is 11.5 Å². The fourth-order valence-corrected chi connectivity index (χ4v) is 6.74. The van der Waals surface area contributed by atoms with Crippen molar-refractivity contribution >= 4 is 22.4 Å². The maximum absolute atomic E-state index is 14.3. The summed E-state index contributed by atoms with van der Waals surface area (Å²) in [5, 5.41) is 36.7. The molecule has 0 saturated heterocycles. The highest BCUT2D eigenvalue weighted by Crippen LogP contribution is 2.46. The van der Waals surface area contributed by atoms with Crippen LogP contribution in [0.15, 0.2) is 125 Å². The van der Waals surface area contributed by atoms with Gasteiger partial charge in [-0.2, -0.15) is 9.78 Å². The highest BCUT2D eigenvalue weighted by Gasteiger charge is 2.52. The average molecular weight is 699 g/mol. The Morgan fingerprint density at radius 3 is 2.50 bits per heavy atom. The lowest BCUT2D eigenvalue weighted by molar-refractivity contribution is -0.139. The summed E-state index contributed by atoms with van der Waals surface area (Å²) < 4.78 is 3.05. The summed E-state index contributed by atoms with van der Waals surface area (Å²) in [5.74, 6) is -1.29. The number of hydrogen-bond donors (Lipinski definition) is 2. The third-order valence-corrected chi connectivity index (χ3v) is 9.81. The highest BCUT2D eigenvalue weighted by atomic mass is 16.3. The average Bonchev–Trinajstić information content (AvgIpc) is 3.70. The second-order valence-corrected chi connectivity index (χ2v) is 13.8. The van der Waals surface area contributed by atoms with E-state index in [4.69, 9.17) is 0 Å². The number of allylic oxidation sites excluding steroid dienone is 4. The van der Waals surface area contributed by atoms with E-state index in [-0.39, 0.29) is 18.1 Å². The van der Waals surface area contributed by atoms with E-state index in [0.29, 0.717) is 47.5 Å². The maximum Gasteiger partial charge on any atom is 0.279 e. The molecule has 0 aliphatic carbocycles. The molecule has 2 aromatic heterocycles. The van der Waals surface area contributed by atoms with Crippen LogP contribution in [0.4, 0.5) is 5.69 Å². The van der Waals surface area contributed by atoms with Gasteiger partial charge in [0.15, 0.2) is 5.60 Å². The zero-order valence-corrected chi connectivity index (χ0v) is 30.2. The zero-order chi connectivity index (χ0) is 36.8. The van der Waals surface area contributed by atoms with Crippen molar-refractivity contribution in [3.05, 3.63) is 148 Å². The Morgan fingerprint density at radius 1 is 0.962 bits per heavy atom. The molecule has 0 spiro atoms. The highest BCUT2D eigenvalue weighted by molar-refractivity contribution is 6.07. The molecule has 3 atom stereocenters. The number of aliphatic hydroxyl groups is 2. The normalized spacial score (nSPS) is 17.2. The molecule has 0 bridgehead atoms. The number of hydrogen-bond acceptors (Lipinski definition) is 7. The van der Waals surface area contributed by atoms with Gasteiger partial charge in [-0.05, 0) is 69.9 Å². The summed E-state index contributed by atoms with van der Waals surface area (Å²) in [6.45, 7) is 8.80. The van der Waals surface area contributed by atoms with Crippen molar-refractivity contribution in [2.45, 2.75) is 65.0 Å². The first kappa shape index (κ1) is 36.3. The van der Waals surface area contributed by atoms with Gasteiger partial charge >= 0.3 is 0 Å². The minimum atomic E-state index is -1.88. The van der Waals surface area contributed by atoms with Gasteiger partial charge in [-0.1, -0.05) is 96.1 Å². The summed E-state index contributed by atoms with van der Waals surface area (Å²) in [4.78, 5) is 29.4. The molecule has 10 heteroatoms. The Balaban J connectivity index is 1.25. The van der Waals surface area contributed by atoms with Crippen LogP contribution in [0.3, 0.4) is 0 Å². The molecule has 2 N–H and O–H groups in total. The number of carbonyl (C=O) groups is 1. The molecule has 1 aliphatic rings. The molecular weight excluding hydrogens is 652 g/mol. The minimum Gasteiger partial charge on any atom is -0.395 e. The monoisotopic (exact) mass is 698 g/mol. The Hall–Kier alpha value is -5.45. The van der Waals surface area contributed by atoms with Crippen LogP contribution in [-0.2, 0) is 16.9 Å². The fraction of sp³-hybridized carbons (Fsp3) is 0.310. The molecule has 1 amide bonds.